The van der Waals surface area contributed by atoms with Crippen molar-refractivity contribution in [2.45, 2.75) is 37.9 Å². The van der Waals surface area contributed by atoms with Gasteiger partial charge in [-0.2, -0.15) is 0 Å². The quantitative estimate of drug-likeness (QED) is 0.866. The van der Waals surface area contributed by atoms with Crippen molar-refractivity contribution in [3.8, 4) is 5.75 Å². The normalized spacial score (nSPS) is 19.2. The molecule has 0 radical (unpaired) electrons. The molecule has 0 aliphatic carbocycles. The largest absolute Gasteiger partial charge is 0.497 e. The molecule has 5 nitrogen and oxygen atoms in total. The lowest BCUT2D eigenvalue weighted by Gasteiger charge is -2.27. The first-order valence-electron chi connectivity index (χ1n) is 7.34. The number of methoxy groups -OCH3 is 1. The summed E-state index contributed by atoms with van der Waals surface area (Å²) in [5.74, 6) is -0.144. The van der Waals surface area contributed by atoms with Gasteiger partial charge >= 0.3 is 5.97 Å². The Labute approximate surface area is 140 Å². The van der Waals surface area contributed by atoms with E-state index in [9.17, 15) is 9.59 Å². The zero-order valence-corrected chi connectivity index (χ0v) is 14.5. The van der Waals surface area contributed by atoms with Gasteiger partial charge in [-0.1, -0.05) is 12.1 Å². The van der Waals surface area contributed by atoms with E-state index in [0.717, 1.165) is 16.9 Å². The molecule has 0 aromatic heterocycles. The molecule has 0 saturated carbocycles. The third-order valence-electron chi connectivity index (χ3n) is 4.02. The SMILES string of the molecule is COc1ccc(CN2C(=O)C(C)=C(C)C2SC(C)C(=O)O)cc1. The number of amides is 1. The molecule has 1 aromatic carbocycles. The van der Waals surface area contributed by atoms with Crippen molar-refractivity contribution < 1.29 is 19.4 Å². The monoisotopic (exact) mass is 335 g/mol. The lowest BCUT2D eigenvalue weighted by molar-refractivity contribution is -0.136. The summed E-state index contributed by atoms with van der Waals surface area (Å²) in [6, 6.07) is 7.53. The van der Waals surface area contributed by atoms with Crippen molar-refractivity contribution in [1.82, 2.24) is 4.90 Å². The minimum absolute atomic E-state index is 0.0339. The highest BCUT2D eigenvalue weighted by Gasteiger charge is 2.37. The van der Waals surface area contributed by atoms with Gasteiger partial charge in [0.25, 0.3) is 5.91 Å². The predicted molar refractivity (Wildman–Crippen MR) is 90.4 cm³/mol. The van der Waals surface area contributed by atoms with E-state index in [-0.39, 0.29) is 11.3 Å². The number of rotatable bonds is 6. The molecule has 2 rings (SSSR count). The van der Waals surface area contributed by atoms with E-state index in [4.69, 9.17) is 9.84 Å². The van der Waals surface area contributed by atoms with E-state index in [1.807, 2.05) is 31.2 Å². The van der Waals surface area contributed by atoms with E-state index in [0.29, 0.717) is 12.1 Å². The molecule has 0 spiro atoms. The Morgan fingerprint density at radius 1 is 1.35 bits per heavy atom. The second kappa shape index (κ2) is 7.08. The van der Waals surface area contributed by atoms with E-state index in [2.05, 4.69) is 0 Å². The van der Waals surface area contributed by atoms with Crippen LogP contribution in [0.2, 0.25) is 0 Å². The Morgan fingerprint density at radius 2 is 1.96 bits per heavy atom. The van der Waals surface area contributed by atoms with Crippen molar-refractivity contribution in [3.63, 3.8) is 0 Å². The van der Waals surface area contributed by atoms with Crippen molar-refractivity contribution in [2.24, 2.45) is 0 Å². The molecule has 1 aromatic rings. The molecule has 0 bridgehead atoms. The van der Waals surface area contributed by atoms with Crippen LogP contribution >= 0.6 is 11.8 Å². The van der Waals surface area contributed by atoms with Gasteiger partial charge in [-0.3, -0.25) is 9.59 Å². The number of carboxylic acid groups (broad SMARTS) is 1. The van der Waals surface area contributed by atoms with Gasteiger partial charge in [0.1, 0.15) is 16.4 Å². The van der Waals surface area contributed by atoms with Crippen LogP contribution in [0, 0.1) is 0 Å². The van der Waals surface area contributed by atoms with Crippen LogP contribution in [0.5, 0.6) is 5.75 Å². The minimum Gasteiger partial charge on any atom is -0.497 e. The number of hydrogen-bond donors (Lipinski definition) is 1. The van der Waals surface area contributed by atoms with Crippen LogP contribution < -0.4 is 4.74 Å². The summed E-state index contributed by atoms with van der Waals surface area (Å²) in [5.41, 5.74) is 2.62. The van der Waals surface area contributed by atoms with E-state index in [1.54, 1.807) is 25.9 Å². The molecule has 0 fully saturated rings. The van der Waals surface area contributed by atoms with E-state index in [1.165, 1.54) is 11.8 Å². The fraction of sp³-hybridized carbons (Fsp3) is 0.412. The van der Waals surface area contributed by atoms with Crippen LogP contribution in [0.25, 0.3) is 0 Å². The number of aliphatic carboxylic acids is 1. The first-order chi connectivity index (χ1) is 10.8. The van der Waals surface area contributed by atoms with Gasteiger partial charge in [0.15, 0.2) is 0 Å². The van der Waals surface area contributed by atoms with Crippen molar-refractivity contribution in [1.29, 1.82) is 0 Å². The number of nitrogens with zero attached hydrogens (tertiary/aromatic N) is 1. The molecule has 1 heterocycles. The highest BCUT2D eigenvalue weighted by molar-refractivity contribution is 8.01. The zero-order chi connectivity index (χ0) is 17.1. The standard InChI is InChI=1S/C17H21NO4S/c1-10-11(2)16(23-12(3)17(20)21)18(15(10)19)9-13-5-7-14(22-4)8-6-13/h5-8,12,16H,9H2,1-4H3,(H,20,21). The third-order valence-corrected chi connectivity index (χ3v) is 5.50. The van der Waals surface area contributed by atoms with Crippen LogP contribution in [-0.4, -0.2) is 39.6 Å². The summed E-state index contributed by atoms with van der Waals surface area (Å²) in [7, 11) is 1.61. The van der Waals surface area contributed by atoms with Gasteiger partial charge in [0.2, 0.25) is 0 Å². The number of carbonyl (C=O) groups is 2. The topological polar surface area (TPSA) is 66.8 Å². The maximum Gasteiger partial charge on any atom is 0.316 e. The maximum absolute atomic E-state index is 12.5. The molecular weight excluding hydrogens is 314 g/mol. The van der Waals surface area contributed by atoms with Crippen LogP contribution in [0.1, 0.15) is 26.3 Å². The zero-order valence-electron chi connectivity index (χ0n) is 13.7. The summed E-state index contributed by atoms with van der Waals surface area (Å²) in [5, 5.41) is 8.32. The molecular formula is C17H21NO4S. The molecule has 1 amide bonds. The molecule has 23 heavy (non-hydrogen) atoms. The molecule has 6 heteroatoms. The number of hydrogen-bond acceptors (Lipinski definition) is 4. The van der Waals surface area contributed by atoms with Crippen molar-refractivity contribution in [3.05, 3.63) is 41.0 Å². The van der Waals surface area contributed by atoms with E-state index < -0.39 is 11.2 Å². The summed E-state index contributed by atoms with van der Waals surface area (Å²) in [6.07, 6.45) is 0. The molecule has 1 N–H and O–H groups in total. The molecule has 1 aliphatic heterocycles. The Balaban J connectivity index is 2.19. The number of benzene rings is 1. The summed E-state index contributed by atoms with van der Waals surface area (Å²) >= 11 is 1.29. The fourth-order valence-corrected chi connectivity index (χ4v) is 3.62. The second-order valence-electron chi connectivity index (χ2n) is 5.56. The molecule has 1 aliphatic rings. The first-order valence-corrected chi connectivity index (χ1v) is 8.29. The molecule has 0 saturated heterocycles. The maximum atomic E-state index is 12.5. The highest BCUT2D eigenvalue weighted by Crippen LogP contribution is 2.36. The van der Waals surface area contributed by atoms with Gasteiger partial charge in [0, 0.05) is 12.1 Å². The third kappa shape index (κ3) is 3.69. The predicted octanol–water partition coefficient (Wildman–Crippen LogP) is 2.91. The second-order valence-corrected chi connectivity index (χ2v) is 6.98. The van der Waals surface area contributed by atoms with Crippen LogP contribution in [0.3, 0.4) is 0 Å². The summed E-state index contributed by atoms with van der Waals surface area (Å²) in [4.78, 5) is 25.4. The first kappa shape index (κ1) is 17.4. The van der Waals surface area contributed by atoms with E-state index >= 15 is 0 Å². The summed E-state index contributed by atoms with van der Waals surface area (Å²) < 4.78 is 5.14. The smallest absolute Gasteiger partial charge is 0.316 e. The van der Waals surface area contributed by atoms with Gasteiger partial charge < -0.3 is 14.7 Å². The molecule has 124 valence electrons. The van der Waals surface area contributed by atoms with Crippen LogP contribution in [0.15, 0.2) is 35.4 Å². The number of thioether (sulfide) groups is 1. The molecule has 2 unspecified atom stereocenters. The summed E-state index contributed by atoms with van der Waals surface area (Å²) in [6.45, 7) is 5.78. The van der Waals surface area contributed by atoms with Gasteiger partial charge in [-0.25, -0.2) is 0 Å². The average molecular weight is 335 g/mol. The average Bonchev–Trinajstić information content (AvgIpc) is 2.73. The lowest BCUT2D eigenvalue weighted by atomic mass is 10.2. The lowest BCUT2D eigenvalue weighted by Crippen LogP contribution is -2.34. The van der Waals surface area contributed by atoms with Crippen molar-refractivity contribution in [2.75, 3.05) is 7.11 Å². The Bertz CT molecular complexity index is 638. The minimum atomic E-state index is -0.871. The highest BCUT2D eigenvalue weighted by atomic mass is 32.2. The van der Waals surface area contributed by atoms with Crippen molar-refractivity contribution >= 4 is 23.6 Å². The fourth-order valence-electron chi connectivity index (χ4n) is 2.42. The Hall–Kier alpha value is -1.95. The van der Waals surface area contributed by atoms with Gasteiger partial charge in [0.05, 0.1) is 7.11 Å². The van der Waals surface area contributed by atoms with Crippen LogP contribution in [0.4, 0.5) is 0 Å². The Kier molecular flexibility index (Phi) is 5.36. The Morgan fingerprint density at radius 3 is 2.48 bits per heavy atom. The van der Waals surface area contributed by atoms with Crippen LogP contribution in [-0.2, 0) is 16.1 Å². The molecule has 2 atom stereocenters. The number of ether oxygens (including phenoxy) is 1. The number of carboxylic acids is 1. The van der Waals surface area contributed by atoms with Gasteiger partial charge in [-0.05, 0) is 44.0 Å². The van der Waals surface area contributed by atoms with Gasteiger partial charge in [-0.15, -0.1) is 11.8 Å². The number of carbonyl (C=O) groups excluding carboxylic acids is 1.